The van der Waals surface area contributed by atoms with Crippen LogP contribution in [0.25, 0.3) is 0 Å². The molecule has 0 aromatic heterocycles. The van der Waals surface area contributed by atoms with Gasteiger partial charge in [-0.15, -0.1) is 0 Å². The van der Waals surface area contributed by atoms with Gasteiger partial charge in [0.15, 0.2) is 6.10 Å². The summed E-state index contributed by atoms with van der Waals surface area (Å²) < 4.78 is 33.1. The molecule has 0 aliphatic heterocycles. The van der Waals surface area contributed by atoms with Gasteiger partial charge in [-0.25, -0.2) is 4.57 Å². The molecular weight excluding hydrogens is 990 g/mol. The maximum atomic E-state index is 12.7. The van der Waals surface area contributed by atoms with E-state index in [4.69, 9.17) is 24.3 Å². The summed E-state index contributed by atoms with van der Waals surface area (Å²) >= 11 is 0. The number of phosphoric ester groups is 1. The van der Waals surface area contributed by atoms with Crippen molar-refractivity contribution in [2.24, 2.45) is 5.73 Å². The Morgan fingerprint density at radius 3 is 1.05 bits per heavy atom. The molecule has 78 heavy (non-hydrogen) atoms. The van der Waals surface area contributed by atoms with Gasteiger partial charge in [0.1, 0.15) is 6.61 Å². The van der Waals surface area contributed by atoms with Crippen LogP contribution in [0.15, 0.2) is 109 Å². The second kappa shape index (κ2) is 62.9. The quantitative estimate of drug-likeness (QED) is 0.0264. The second-order valence-electron chi connectivity index (χ2n) is 20.9. The van der Waals surface area contributed by atoms with E-state index >= 15 is 0 Å². The molecule has 2 atom stereocenters. The van der Waals surface area contributed by atoms with Crippen molar-refractivity contribution in [2.75, 3.05) is 26.4 Å². The maximum absolute atomic E-state index is 12.7. The zero-order chi connectivity index (χ0) is 56.6. The molecule has 0 spiro atoms. The van der Waals surface area contributed by atoms with Crippen LogP contribution < -0.4 is 5.73 Å². The first-order valence-corrected chi connectivity index (χ1v) is 33.4. The largest absolute Gasteiger partial charge is 0.472 e. The molecule has 448 valence electrons. The molecule has 0 saturated carbocycles. The van der Waals surface area contributed by atoms with E-state index in [0.29, 0.717) is 6.42 Å². The lowest BCUT2D eigenvalue weighted by Crippen LogP contribution is -2.29. The highest BCUT2D eigenvalue weighted by Crippen LogP contribution is 2.43. The van der Waals surface area contributed by atoms with E-state index in [-0.39, 0.29) is 38.6 Å². The Bertz CT molecular complexity index is 1640. The predicted molar refractivity (Wildman–Crippen MR) is 335 cm³/mol. The Morgan fingerprint density at radius 2 is 0.705 bits per heavy atom. The molecule has 10 heteroatoms. The third-order valence-electron chi connectivity index (χ3n) is 13.4. The van der Waals surface area contributed by atoms with Crippen LogP contribution in [0.4, 0.5) is 0 Å². The van der Waals surface area contributed by atoms with Gasteiger partial charge in [0.05, 0.1) is 13.2 Å². The van der Waals surface area contributed by atoms with Crippen molar-refractivity contribution in [3.05, 3.63) is 109 Å². The first-order valence-electron chi connectivity index (χ1n) is 31.9. The SMILES string of the molecule is CC/C=C\C/C=C\C/C=C\C/C=C\C/C=C\C/C=C\C/C=C\C/C=C\C/C=C\CCCCCCCCCC(=O)OC(COC(=O)CCCCCCCCCCCCCCCCCCCCCCCC)COP(=O)(O)OCCN. The van der Waals surface area contributed by atoms with Crippen molar-refractivity contribution >= 4 is 19.8 Å². The van der Waals surface area contributed by atoms with Gasteiger partial charge in [0.25, 0.3) is 0 Å². The first kappa shape index (κ1) is 74.7. The highest BCUT2D eigenvalue weighted by Gasteiger charge is 2.26. The summed E-state index contributed by atoms with van der Waals surface area (Å²) in [5, 5.41) is 0. The fourth-order valence-electron chi connectivity index (χ4n) is 8.75. The van der Waals surface area contributed by atoms with Gasteiger partial charge in [0.2, 0.25) is 0 Å². The van der Waals surface area contributed by atoms with Crippen LogP contribution in [0, 0.1) is 0 Å². The van der Waals surface area contributed by atoms with Crippen molar-refractivity contribution in [2.45, 2.75) is 283 Å². The van der Waals surface area contributed by atoms with Crippen molar-refractivity contribution < 1.29 is 37.6 Å². The fourth-order valence-corrected chi connectivity index (χ4v) is 9.51. The molecule has 0 saturated heterocycles. The minimum atomic E-state index is -4.40. The van der Waals surface area contributed by atoms with Gasteiger partial charge in [-0.1, -0.05) is 290 Å². The van der Waals surface area contributed by atoms with E-state index < -0.39 is 26.5 Å². The topological polar surface area (TPSA) is 134 Å². The molecule has 9 nitrogen and oxygen atoms in total. The molecule has 0 aromatic carbocycles. The minimum Gasteiger partial charge on any atom is -0.462 e. The molecule has 0 fully saturated rings. The van der Waals surface area contributed by atoms with Crippen LogP contribution >= 0.6 is 7.82 Å². The van der Waals surface area contributed by atoms with Crippen LogP contribution in [-0.2, 0) is 32.7 Å². The Hall–Kier alpha value is -3.33. The third-order valence-corrected chi connectivity index (χ3v) is 14.4. The summed E-state index contributed by atoms with van der Waals surface area (Å²) in [5.74, 6) is -0.836. The van der Waals surface area contributed by atoms with Crippen LogP contribution in [0.1, 0.15) is 277 Å². The number of nitrogens with two attached hydrogens (primary N) is 1. The van der Waals surface area contributed by atoms with E-state index in [0.717, 1.165) is 103 Å². The number of hydrogen-bond donors (Lipinski definition) is 2. The first-order chi connectivity index (χ1) is 38.3. The number of phosphoric acid groups is 1. The molecule has 0 bridgehead atoms. The summed E-state index contributed by atoms with van der Waals surface area (Å²) in [7, 11) is -4.40. The molecule has 0 rings (SSSR count). The summed E-state index contributed by atoms with van der Waals surface area (Å²) in [6, 6.07) is 0. The second-order valence-corrected chi connectivity index (χ2v) is 22.4. The molecular formula is C68H118NO8P. The van der Waals surface area contributed by atoms with Gasteiger partial charge in [-0.2, -0.15) is 0 Å². The van der Waals surface area contributed by atoms with Crippen LogP contribution in [0.5, 0.6) is 0 Å². The Morgan fingerprint density at radius 1 is 0.397 bits per heavy atom. The van der Waals surface area contributed by atoms with Gasteiger partial charge in [0, 0.05) is 19.4 Å². The predicted octanol–water partition coefficient (Wildman–Crippen LogP) is 20.6. The van der Waals surface area contributed by atoms with Crippen LogP contribution in [-0.4, -0.2) is 49.3 Å². The zero-order valence-corrected chi connectivity index (χ0v) is 51.0. The lowest BCUT2D eigenvalue weighted by Gasteiger charge is -2.19. The summed E-state index contributed by atoms with van der Waals surface area (Å²) in [6.45, 7) is 3.64. The van der Waals surface area contributed by atoms with E-state index in [1.807, 2.05) is 0 Å². The standard InChI is InChI=1S/C68H118NO8P/c1-3-5-7-9-11-13-15-17-19-21-23-25-27-28-29-30-31-32-33-34-35-36-37-38-39-41-43-45-47-49-51-53-55-57-59-61-68(71)77-66(65-76-78(72,73)75-63-62-69)64-74-67(70)60-58-56-54-52-50-48-46-44-42-40-26-24-22-20-18-16-14-12-10-8-6-4-2/h5,7,11,13,17,19,23,25,28-29,31-32,34-35,37-38,41,43,66H,3-4,6,8-10,12,14-16,18,20-22,24,26-27,30,33,36,39-40,42,44-65,69H2,1-2H3,(H,72,73)/b7-5-,13-11-,19-17-,25-23-,29-28-,32-31-,35-34-,38-37-,43-41-. The number of rotatable bonds is 59. The van der Waals surface area contributed by atoms with E-state index in [2.05, 4.69) is 123 Å². The van der Waals surface area contributed by atoms with Crippen LogP contribution in [0.2, 0.25) is 0 Å². The number of hydrogen-bond acceptors (Lipinski definition) is 8. The number of carbonyl (C=O) groups excluding carboxylic acids is 2. The van der Waals surface area contributed by atoms with Gasteiger partial charge in [-0.3, -0.25) is 18.6 Å². The van der Waals surface area contributed by atoms with Crippen molar-refractivity contribution in [1.29, 1.82) is 0 Å². The van der Waals surface area contributed by atoms with E-state index in [1.54, 1.807) is 0 Å². The molecule has 2 unspecified atom stereocenters. The third kappa shape index (κ3) is 61.9. The number of unbranched alkanes of at least 4 members (excludes halogenated alkanes) is 28. The number of allylic oxidation sites excluding steroid dienone is 18. The fraction of sp³-hybridized carbons (Fsp3) is 0.706. The average molecular weight is 1110 g/mol. The van der Waals surface area contributed by atoms with Gasteiger partial charge >= 0.3 is 19.8 Å². The van der Waals surface area contributed by atoms with Crippen molar-refractivity contribution in [1.82, 2.24) is 0 Å². The van der Waals surface area contributed by atoms with Gasteiger partial charge in [-0.05, 0) is 83.5 Å². The van der Waals surface area contributed by atoms with E-state index in [9.17, 15) is 19.0 Å². The Kier molecular flexibility index (Phi) is 60.2. The normalized spacial score (nSPS) is 13.7. The smallest absolute Gasteiger partial charge is 0.462 e. The molecule has 0 aromatic rings. The number of esters is 2. The lowest BCUT2D eigenvalue weighted by molar-refractivity contribution is -0.161. The van der Waals surface area contributed by atoms with Crippen molar-refractivity contribution in [3.8, 4) is 0 Å². The molecule has 0 heterocycles. The molecule has 3 N–H and O–H groups in total. The number of ether oxygens (including phenoxy) is 2. The Labute approximate surface area is 479 Å². The highest BCUT2D eigenvalue weighted by atomic mass is 31.2. The van der Waals surface area contributed by atoms with E-state index in [1.165, 1.54) is 141 Å². The summed E-state index contributed by atoms with van der Waals surface area (Å²) in [6.07, 6.45) is 85.8. The summed E-state index contributed by atoms with van der Waals surface area (Å²) in [4.78, 5) is 35.3. The average Bonchev–Trinajstić information content (AvgIpc) is 3.43. The molecule has 0 radical (unpaired) electrons. The molecule has 0 aliphatic rings. The van der Waals surface area contributed by atoms with Gasteiger partial charge < -0.3 is 20.1 Å². The molecule has 0 amide bonds. The Balaban J connectivity index is 4.00. The highest BCUT2D eigenvalue weighted by molar-refractivity contribution is 7.47. The summed E-state index contributed by atoms with van der Waals surface area (Å²) in [5.41, 5.74) is 5.39. The molecule has 0 aliphatic carbocycles. The monoisotopic (exact) mass is 1110 g/mol. The lowest BCUT2D eigenvalue weighted by atomic mass is 10.0. The zero-order valence-electron chi connectivity index (χ0n) is 50.1. The number of carbonyl (C=O) groups is 2. The van der Waals surface area contributed by atoms with Crippen molar-refractivity contribution in [3.63, 3.8) is 0 Å². The van der Waals surface area contributed by atoms with Crippen LogP contribution in [0.3, 0.4) is 0 Å². The maximum Gasteiger partial charge on any atom is 0.472 e. The minimum absolute atomic E-state index is 0.0477.